The highest BCUT2D eigenvalue weighted by molar-refractivity contribution is 5.96. The number of alkyl carbamates (subject to hydrolysis) is 1. The maximum atomic E-state index is 13.7. The Bertz CT molecular complexity index is 2030. The summed E-state index contributed by atoms with van der Waals surface area (Å²) in [6, 6.07) is 6.21. The lowest BCUT2D eigenvalue weighted by molar-refractivity contribution is -0.140. The number of aliphatic carboxylic acids is 5. The molecule has 0 aromatic heterocycles. The van der Waals surface area contributed by atoms with E-state index < -0.39 is 160 Å². The fourth-order valence-corrected chi connectivity index (χ4v) is 6.57. The van der Waals surface area contributed by atoms with Gasteiger partial charge in [0.15, 0.2) is 0 Å². The van der Waals surface area contributed by atoms with Crippen molar-refractivity contribution in [2.45, 2.75) is 100 Å². The van der Waals surface area contributed by atoms with Crippen LogP contribution in [0.15, 0.2) is 48.5 Å². The summed E-state index contributed by atoms with van der Waals surface area (Å²) in [6.07, 6.45) is -7.65. The van der Waals surface area contributed by atoms with Gasteiger partial charge in [-0.1, -0.05) is 48.5 Å². The summed E-state index contributed by atoms with van der Waals surface area (Å²) in [5.74, 6) is -13.5. The number of carboxylic acids is 5. The number of hydrogen-bond acceptors (Lipinski definition) is 12. The molecular weight excluding hydrogens is 836 g/mol. The van der Waals surface area contributed by atoms with Gasteiger partial charge in [0.05, 0.1) is 0 Å². The third kappa shape index (κ3) is 16.1. The predicted molar refractivity (Wildman–Crippen MR) is 213 cm³/mol. The van der Waals surface area contributed by atoms with E-state index in [1.807, 2.05) is 48.5 Å². The second kappa shape index (κ2) is 24.0. The molecule has 0 heterocycles. The Morgan fingerprint density at radius 2 is 0.746 bits per heavy atom. The number of fused-ring (bicyclic) bond motifs is 3. The van der Waals surface area contributed by atoms with Gasteiger partial charge in [0.2, 0.25) is 29.5 Å². The van der Waals surface area contributed by atoms with Gasteiger partial charge >= 0.3 is 35.9 Å². The monoisotopic (exact) mass is 884 g/mol. The summed E-state index contributed by atoms with van der Waals surface area (Å²) in [5, 5.41) is 57.3. The Morgan fingerprint density at radius 1 is 0.460 bits per heavy atom. The molecular formula is C40H48N6O17. The van der Waals surface area contributed by atoms with Gasteiger partial charge < -0.3 is 62.6 Å². The number of ether oxygens (including phenoxy) is 1. The van der Waals surface area contributed by atoms with Crippen LogP contribution in [0.5, 0.6) is 0 Å². The average molecular weight is 885 g/mol. The number of benzene rings is 2. The Kier molecular flexibility index (Phi) is 19.0. The summed E-state index contributed by atoms with van der Waals surface area (Å²) in [7, 11) is 0. The van der Waals surface area contributed by atoms with Gasteiger partial charge in [-0.25, -0.2) is 4.79 Å². The lowest BCUT2D eigenvalue weighted by atomic mass is 9.98. The normalized spacial score (nSPS) is 13.8. The minimum Gasteiger partial charge on any atom is -0.481 e. The van der Waals surface area contributed by atoms with Gasteiger partial charge in [0, 0.05) is 38.0 Å². The van der Waals surface area contributed by atoms with Crippen molar-refractivity contribution in [1.82, 2.24) is 26.6 Å². The smallest absolute Gasteiger partial charge is 0.407 e. The number of primary amides is 1. The molecule has 1 aliphatic rings. The van der Waals surface area contributed by atoms with Crippen LogP contribution >= 0.6 is 0 Å². The highest BCUT2D eigenvalue weighted by atomic mass is 16.5. The van der Waals surface area contributed by atoms with Crippen LogP contribution in [-0.4, -0.2) is 128 Å². The lowest BCUT2D eigenvalue weighted by Gasteiger charge is -2.26. The second-order valence-corrected chi connectivity index (χ2v) is 14.3. The SMILES string of the molecule is NC(=O)[C@H](CCC(=O)O)NC(=O)[C@H](CCC(=O)O)NC(=O)[C@H](CCC(=O)O)NC(=O)[C@H](CCC(=O)O)NC(=O)[C@H](CCC(=O)O)NC(=O)OCC1c2ccccc2-c2ccccc21. The van der Waals surface area contributed by atoms with E-state index in [2.05, 4.69) is 26.6 Å². The van der Waals surface area contributed by atoms with Gasteiger partial charge in [-0.2, -0.15) is 0 Å². The van der Waals surface area contributed by atoms with Crippen LogP contribution in [0, 0.1) is 0 Å². The maximum absolute atomic E-state index is 13.7. The van der Waals surface area contributed by atoms with Crippen molar-refractivity contribution in [1.29, 1.82) is 0 Å². The molecule has 23 heteroatoms. The molecule has 0 saturated heterocycles. The van der Waals surface area contributed by atoms with Gasteiger partial charge in [0.1, 0.15) is 36.8 Å². The van der Waals surface area contributed by atoms with Crippen molar-refractivity contribution >= 4 is 65.5 Å². The predicted octanol–water partition coefficient (Wildman–Crippen LogP) is -0.358. The topological polar surface area (TPSA) is 384 Å². The van der Waals surface area contributed by atoms with Crippen LogP contribution in [0.2, 0.25) is 0 Å². The zero-order valence-electron chi connectivity index (χ0n) is 33.6. The molecule has 2 aromatic rings. The first kappa shape index (κ1) is 49.8. The number of nitrogens with two attached hydrogens (primary N) is 1. The van der Waals surface area contributed by atoms with Crippen LogP contribution in [0.4, 0.5) is 4.79 Å². The Hall–Kier alpha value is -7.59. The number of carboxylic acid groups (broad SMARTS) is 5. The molecule has 0 aliphatic heterocycles. The molecule has 340 valence electrons. The molecule has 0 spiro atoms. The van der Waals surface area contributed by atoms with Crippen LogP contribution < -0.4 is 32.3 Å². The zero-order valence-corrected chi connectivity index (χ0v) is 33.6. The van der Waals surface area contributed by atoms with Crippen LogP contribution in [0.1, 0.15) is 81.3 Å². The van der Waals surface area contributed by atoms with Crippen molar-refractivity contribution in [3.05, 3.63) is 59.7 Å². The minimum absolute atomic E-state index is 0.189. The van der Waals surface area contributed by atoms with E-state index in [0.717, 1.165) is 22.3 Å². The lowest BCUT2D eigenvalue weighted by Crippen LogP contribution is -2.59. The largest absolute Gasteiger partial charge is 0.481 e. The van der Waals surface area contributed by atoms with E-state index in [-0.39, 0.29) is 12.5 Å². The van der Waals surface area contributed by atoms with Crippen LogP contribution in [0.3, 0.4) is 0 Å². The number of carbonyl (C=O) groups excluding carboxylic acids is 6. The van der Waals surface area contributed by atoms with E-state index in [0.29, 0.717) is 0 Å². The van der Waals surface area contributed by atoms with Crippen molar-refractivity contribution in [2.24, 2.45) is 5.73 Å². The highest BCUT2D eigenvalue weighted by Gasteiger charge is 2.34. The van der Waals surface area contributed by atoms with Gasteiger partial charge in [-0.3, -0.25) is 47.9 Å². The first-order chi connectivity index (χ1) is 29.8. The number of nitrogens with one attached hydrogen (secondary N) is 5. The number of amides is 6. The Balaban J connectivity index is 1.81. The summed E-state index contributed by atoms with van der Waals surface area (Å²) < 4.78 is 5.48. The second-order valence-electron chi connectivity index (χ2n) is 14.3. The zero-order chi connectivity index (χ0) is 46.8. The quantitative estimate of drug-likeness (QED) is 0.0546. The van der Waals surface area contributed by atoms with Gasteiger partial charge in [0.25, 0.3) is 0 Å². The Morgan fingerprint density at radius 3 is 1.06 bits per heavy atom. The molecule has 0 saturated carbocycles. The van der Waals surface area contributed by atoms with Crippen LogP contribution in [-0.2, 0) is 52.7 Å². The third-order valence-electron chi connectivity index (χ3n) is 9.75. The fourth-order valence-electron chi connectivity index (χ4n) is 6.57. The Labute approximate surface area is 358 Å². The molecule has 6 amide bonds. The summed E-state index contributed by atoms with van der Waals surface area (Å²) in [4.78, 5) is 136. The maximum Gasteiger partial charge on any atom is 0.407 e. The van der Waals surface area contributed by atoms with Crippen molar-refractivity contribution in [3.8, 4) is 11.1 Å². The van der Waals surface area contributed by atoms with E-state index in [4.69, 9.17) is 15.6 Å². The molecule has 0 fully saturated rings. The summed E-state index contributed by atoms with van der Waals surface area (Å²) in [5.41, 5.74) is 8.87. The molecule has 0 unspecified atom stereocenters. The number of rotatable bonds is 27. The van der Waals surface area contributed by atoms with Crippen molar-refractivity contribution < 1.29 is 83.0 Å². The molecule has 1 aliphatic carbocycles. The van der Waals surface area contributed by atoms with Crippen molar-refractivity contribution in [2.75, 3.05) is 6.61 Å². The average Bonchev–Trinajstić information content (AvgIpc) is 3.54. The molecule has 12 N–H and O–H groups in total. The van der Waals surface area contributed by atoms with E-state index in [1.54, 1.807) is 0 Å². The molecule has 23 nitrogen and oxygen atoms in total. The van der Waals surface area contributed by atoms with Crippen LogP contribution in [0.25, 0.3) is 11.1 Å². The molecule has 0 bridgehead atoms. The standard InChI is InChI=1S/C40H48N6O17/c41-35(57)25(9-14-30(47)48)42-36(58)26(10-15-31(49)50)43-37(59)27(11-16-32(51)52)44-38(60)28(12-17-33(53)54)45-39(61)29(13-18-34(55)56)46-40(62)63-19-24-22-7-3-1-5-20(22)21-6-2-4-8-23(21)24/h1-8,24-29H,9-19H2,(H2,41,57)(H,42,58)(H,43,59)(H,44,60)(H,45,61)(H,46,62)(H,47,48)(H,49,50)(H,51,52)(H,53,54)(H,55,56)/t25-,26-,27-,28-,29-/m0/s1. The molecule has 0 radical (unpaired) electrons. The molecule has 2 aromatic carbocycles. The minimum atomic E-state index is -1.85. The number of carbonyl (C=O) groups is 11. The summed E-state index contributed by atoms with van der Waals surface area (Å²) in [6.45, 7) is -0.189. The van der Waals surface area contributed by atoms with Gasteiger partial charge in [-0.05, 0) is 54.4 Å². The van der Waals surface area contributed by atoms with Gasteiger partial charge in [-0.15, -0.1) is 0 Å². The highest BCUT2D eigenvalue weighted by Crippen LogP contribution is 2.44. The molecule has 3 rings (SSSR count). The third-order valence-corrected chi connectivity index (χ3v) is 9.75. The fraction of sp³-hybridized carbons (Fsp3) is 0.425. The summed E-state index contributed by atoms with van der Waals surface area (Å²) >= 11 is 0. The first-order valence-corrected chi connectivity index (χ1v) is 19.5. The number of hydrogen-bond donors (Lipinski definition) is 11. The van der Waals surface area contributed by atoms with E-state index in [9.17, 15) is 73.2 Å². The molecule has 63 heavy (non-hydrogen) atoms. The van der Waals surface area contributed by atoms with E-state index >= 15 is 0 Å². The van der Waals surface area contributed by atoms with Crippen molar-refractivity contribution in [3.63, 3.8) is 0 Å². The van der Waals surface area contributed by atoms with E-state index in [1.165, 1.54) is 0 Å². The molecule has 5 atom stereocenters. The first-order valence-electron chi connectivity index (χ1n) is 19.5.